The lowest BCUT2D eigenvalue weighted by molar-refractivity contribution is 0.0936. The van der Waals surface area contributed by atoms with E-state index in [0.29, 0.717) is 15.7 Å². The van der Waals surface area contributed by atoms with Crippen molar-refractivity contribution in [3.63, 3.8) is 0 Å². The minimum Gasteiger partial charge on any atom is -0.350 e. The summed E-state index contributed by atoms with van der Waals surface area (Å²) in [6.45, 7) is 0.485. The van der Waals surface area contributed by atoms with Crippen LogP contribution in [-0.2, 0) is 0 Å². The van der Waals surface area contributed by atoms with E-state index in [1.54, 1.807) is 0 Å². The molecule has 104 valence electrons. The van der Waals surface area contributed by atoms with Crippen LogP contribution in [0.2, 0.25) is 0 Å². The van der Waals surface area contributed by atoms with Gasteiger partial charge in [-0.05, 0) is 53.6 Å². The molecule has 19 heavy (non-hydrogen) atoms. The van der Waals surface area contributed by atoms with Crippen molar-refractivity contribution in [3.8, 4) is 0 Å². The molecule has 0 aliphatic heterocycles. The molecule has 3 N–H and O–H groups in total. The SMILES string of the molecule is NC1(CNC(=O)c2ccc(F)cc2I)CCCCC1. The van der Waals surface area contributed by atoms with Crippen LogP contribution in [0.15, 0.2) is 18.2 Å². The molecule has 1 saturated carbocycles. The van der Waals surface area contributed by atoms with Crippen LogP contribution >= 0.6 is 22.6 Å². The molecule has 0 spiro atoms. The van der Waals surface area contributed by atoms with Crippen molar-refractivity contribution < 1.29 is 9.18 Å². The van der Waals surface area contributed by atoms with Gasteiger partial charge < -0.3 is 11.1 Å². The smallest absolute Gasteiger partial charge is 0.252 e. The lowest BCUT2D eigenvalue weighted by Crippen LogP contribution is -2.51. The van der Waals surface area contributed by atoms with Crippen molar-refractivity contribution in [1.29, 1.82) is 0 Å². The van der Waals surface area contributed by atoms with E-state index in [4.69, 9.17) is 5.73 Å². The number of benzene rings is 1. The summed E-state index contributed by atoms with van der Waals surface area (Å²) in [7, 11) is 0. The fourth-order valence-electron chi connectivity index (χ4n) is 2.46. The Morgan fingerprint density at radius 3 is 2.68 bits per heavy atom. The Kier molecular flexibility index (Phi) is 4.78. The zero-order valence-electron chi connectivity index (χ0n) is 10.7. The summed E-state index contributed by atoms with van der Waals surface area (Å²) in [4.78, 5) is 12.1. The van der Waals surface area contributed by atoms with Crippen LogP contribution in [0.3, 0.4) is 0 Å². The van der Waals surface area contributed by atoms with Gasteiger partial charge in [0.2, 0.25) is 0 Å². The number of hydrogen-bond acceptors (Lipinski definition) is 2. The molecule has 5 heteroatoms. The van der Waals surface area contributed by atoms with Gasteiger partial charge in [-0.15, -0.1) is 0 Å². The van der Waals surface area contributed by atoms with E-state index in [9.17, 15) is 9.18 Å². The van der Waals surface area contributed by atoms with E-state index in [0.717, 1.165) is 25.7 Å². The number of halogens is 2. The van der Waals surface area contributed by atoms with Crippen LogP contribution in [0, 0.1) is 9.39 Å². The van der Waals surface area contributed by atoms with E-state index < -0.39 is 0 Å². The molecule has 0 unspecified atom stereocenters. The van der Waals surface area contributed by atoms with Gasteiger partial charge in [0.1, 0.15) is 5.82 Å². The van der Waals surface area contributed by atoms with Crippen LogP contribution in [0.5, 0.6) is 0 Å². The number of rotatable bonds is 3. The maximum Gasteiger partial charge on any atom is 0.252 e. The molecule has 1 aliphatic carbocycles. The average molecular weight is 376 g/mol. The molecular formula is C14H18FIN2O. The largest absolute Gasteiger partial charge is 0.350 e. The number of nitrogens with two attached hydrogens (primary N) is 1. The maximum absolute atomic E-state index is 13.0. The Bertz CT molecular complexity index is 473. The second-order valence-corrected chi connectivity index (χ2v) is 6.39. The summed E-state index contributed by atoms with van der Waals surface area (Å²) in [6.07, 6.45) is 5.38. The number of amides is 1. The van der Waals surface area contributed by atoms with Gasteiger partial charge in [-0.2, -0.15) is 0 Å². The predicted molar refractivity (Wildman–Crippen MR) is 81.5 cm³/mol. The second-order valence-electron chi connectivity index (χ2n) is 5.23. The van der Waals surface area contributed by atoms with Crippen molar-refractivity contribution in [2.24, 2.45) is 5.73 Å². The van der Waals surface area contributed by atoms with Gasteiger partial charge in [0, 0.05) is 15.7 Å². The summed E-state index contributed by atoms with van der Waals surface area (Å²) in [5.74, 6) is -0.511. The molecule has 0 saturated heterocycles. The first kappa shape index (κ1) is 14.7. The number of hydrogen-bond donors (Lipinski definition) is 2. The second kappa shape index (κ2) is 6.17. The lowest BCUT2D eigenvalue weighted by atomic mass is 9.82. The molecule has 0 atom stereocenters. The van der Waals surface area contributed by atoms with E-state index in [1.807, 2.05) is 22.6 Å². The highest BCUT2D eigenvalue weighted by Crippen LogP contribution is 2.25. The number of carbonyl (C=O) groups excluding carboxylic acids is 1. The van der Waals surface area contributed by atoms with Crippen molar-refractivity contribution in [1.82, 2.24) is 5.32 Å². The van der Waals surface area contributed by atoms with Crippen molar-refractivity contribution >= 4 is 28.5 Å². The molecule has 0 bridgehead atoms. The Morgan fingerprint density at radius 2 is 2.05 bits per heavy atom. The molecule has 3 nitrogen and oxygen atoms in total. The Hall–Kier alpha value is -0.690. The lowest BCUT2D eigenvalue weighted by Gasteiger charge is -2.33. The topological polar surface area (TPSA) is 55.1 Å². The normalized spacial score (nSPS) is 18.1. The summed E-state index contributed by atoms with van der Waals surface area (Å²) >= 11 is 1.97. The summed E-state index contributed by atoms with van der Waals surface area (Å²) in [5.41, 5.74) is 6.49. The summed E-state index contributed by atoms with van der Waals surface area (Å²) in [5, 5.41) is 2.88. The van der Waals surface area contributed by atoms with E-state index in [2.05, 4.69) is 5.32 Å². The van der Waals surface area contributed by atoms with Crippen molar-refractivity contribution in [2.75, 3.05) is 6.54 Å². The first-order valence-electron chi connectivity index (χ1n) is 6.52. The minimum absolute atomic E-state index is 0.181. The van der Waals surface area contributed by atoms with Crippen LogP contribution in [0.4, 0.5) is 4.39 Å². The van der Waals surface area contributed by atoms with E-state index in [-0.39, 0.29) is 17.3 Å². The first-order chi connectivity index (χ1) is 9.00. The first-order valence-corrected chi connectivity index (χ1v) is 7.60. The highest BCUT2D eigenvalue weighted by Gasteiger charge is 2.28. The molecule has 2 rings (SSSR count). The average Bonchev–Trinajstić information content (AvgIpc) is 2.37. The predicted octanol–water partition coefficient (Wildman–Crippen LogP) is 2.82. The van der Waals surface area contributed by atoms with E-state index in [1.165, 1.54) is 24.6 Å². The zero-order valence-corrected chi connectivity index (χ0v) is 12.9. The van der Waals surface area contributed by atoms with E-state index >= 15 is 0 Å². The molecule has 1 fully saturated rings. The Labute approximate surface area is 126 Å². The Morgan fingerprint density at radius 1 is 1.37 bits per heavy atom. The van der Waals surface area contributed by atoms with Crippen LogP contribution in [-0.4, -0.2) is 18.0 Å². The molecule has 0 radical (unpaired) electrons. The van der Waals surface area contributed by atoms with Crippen molar-refractivity contribution in [3.05, 3.63) is 33.1 Å². The number of carbonyl (C=O) groups is 1. The van der Waals surface area contributed by atoms with Gasteiger partial charge in [0.15, 0.2) is 0 Å². The molecule has 1 aliphatic rings. The summed E-state index contributed by atoms with van der Waals surface area (Å²) in [6, 6.07) is 4.17. The third-order valence-electron chi connectivity index (χ3n) is 3.63. The van der Waals surface area contributed by atoms with Gasteiger partial charge in [0.25, 0.3) is 5.91 Å². The molecule has 1 aromatic carbocycles. The van der Waals surface area contributed by atoms with Gasteiger partial charge in [-0.25, -0.2) is 4.39 Å². The third kappa shape index (κ3) is 3.89. The van der Waals surface area contributed by atoms with Crippen LogP contribution in [0.25, 0.3) is 0 Å². The third-order valence-corrected chi connectivity index (χ3v) is 4.52. The standard InChI is InChI=1S/C14H18FIN2O/c15-10-4-5-11(12(16)8-10)13(19)18-9-14(17)6-2-1-3-7-14/h4-5,8H,1-3,6-7,9,17H2,(H,18,19). The molecule has 0 aromatic heterocycles. The minimum atomic E-state index is -0.330. The summed E-state index contributed by atoms with van der Waals surface area (Å²) < 4.78 is 13.6. The molecule has 0 heterocycles. The Balaban J connectivity index is 1.97. The maximum atomic E-state index is 13.0. The van der Waals surface area contributed by atoms with Crippen LogP contribution < -0.4 is 11.1 Å². The van der Waals surface area contributed by atoms with Gasteiger partial charge in [-0.1, -0.05) is 19.3 Å². The number of nitrogens with one attached hydrogen (secondary N) is 1. The monoisotopic (exact) mass is 376 g/mol. The quantitative estimate of drug-likeness (QED) is 0.798. The highest BCUT2D eigenvalue weighted by atomic mass is 127. The fraction of sp³-hybridized carbons (Fsp3) is 0.500. The fourth-order valence-corrected chi connectivity index (χ4v) is 3.18. The van der Waals surface area contributed by atoms with Crippen molar-refractivity contribution in [2.45, 2.75) is 37.6 Å². The molecule has 1 amide bonds. The van der Waals surface area contributed by atoms with Gasteiger partial charge >= 0.3 is 0 Å². The molecule has 1 aromatic rings. The van der Waals surface area contributed by atoms with Gasteiger partial charge in [-0.3, -0.25) is 4.79 Å². The molecular weight excluding hydrogens is 358 g/mol. The highest BCUT2D eigenvalue weighted by molar-refractivity contribution is 14.1. The van der Waals surface area contributed by atoms with Gasteiger partial charge in [0.05, 0.1) is 5.56 Å². The van der Waals surface area contributed by atoms with Crippen LogP contribution in [0.1, 0.15) is 42.5 Å². The zero-order chi connectivity index (χ0) is 13.9.